The lowest BCUT2D eigenvalue weighted by molar-refractivity contribution is 0.921. The van der Waals surface area contributed by atoms with Crippen molar-refractivity contribution < 1.29 is 0 Å². The van der Waals surface area contributed by atoms with Crippen molar-refractivity contribution in [3.05, 3.63) is 70.8 Å². The maximum Gasteiger partial charge on any atom is -0.0281 e. The molecule has 0 aliphatic heterocycles. The second kappa shape index (κ2) is 13.1. The van der Waals surface area contributed by atoms with Crippen LogP contribution < -0.4 is 0 Å². The first-order valence-electron chi connectivity index (χ1n) is 8.68. The van der Waals surface area contributed by atoms with Crippen molar-refractivity contribution in [3.8, 4) is 0 Å². The highest BCUT2D eigenvalue weighted by molar-refractivity contribution is 5.21. The van der Waals surface area contributed by atoms with E-state index in [1.807, 2.05) is 0 Å². The Hall–Kier alpha value is -1.56. The van der Waals surface area contributed by atoms with Gasteiger partial charge < -0.3 is 0 Å². The fraction of sp³-hybridized carbons (Fsp3) is 0.455. The molecule has 0 atom stereocenters. The van der Waals surface area contributed by atoms with Crippen LogP contribution in [0.3, 0.4) is 0 Å². The van der Waals surface area contributed by atoms with Gasteiger partial charge in [0.2, 0.25) is 0 Å². The summed E-state index contributed by atoms with van der Waals surface area (Å²) in [5, 5.41) is 0. The van der Waals surface area contributed by atoms with Gasteiger partial charge in [-0.25, -0.2) is 0 Å². The largest absolute Gasteiger partial charge is 0.0656 e. The molecule has 22 heavy (non-hydrogen) atoms. The minimum absolute atomic E-state index is 1.14. The van der Waals surface area contributed by atoms with E-state index in [1.165, 1.54) is 41.5 Å². The van der Waals surface area contributed by atoms with Crippen LogP contribution >= 0.6 is 0 Å². The van der Waals surface area contributed by atoms with Crippen molar-refractivity contribution in [1.82, 2.24) is 0 Å². The summed E-state index contributed by atoms with van der Waals surface area (Å²) in [6.45, 7) is 12.9. The van der Waals surface area contributed by atoms with E-state index in [1.54, 1.807) is 0 Å². The maximum atomic E-state index is 2.21. The van der Waals surface area contributed by atoms with Crippen molar-refractivity contribution in [1.29, 1.82) is 0 Å². The van der Waals surface area contributed by atoms with Gasteiger partial charge in [0.25, 0.3) is 0 Å². The molecule has 0 bridgehead atoms. The fourth-order valence-electron chi connectivity index (χ4n) is 1.87. The Morgan fingerprint density at radius 1 is 0.591 bits per heavy atom. The van der Waals surface area contributed by atoms with Gasteiger partial charge in [0.05, 0.1) is 0 Å². The highest BCUT2D eigenvalue weighted by Crippen LogP contribution is 2.04. The minimum atomic E-state index is 1.14. The molecule has 0 heterocycles. The number of hydrogen-bond donors (Lipinski definition) is 0. The molecule has 0 saturated heterocycles. The summed E-state index contributed by atoms with van der Waals surface area (Å²) in [7, 11) is 0. The summed E-state index contributed by atoms with van der Waals surface area (Å²) in [6.07, 6.45) is 4.84. The minimum Gasteiger partial charge on any atom is -0.0656 e. The normalized spacial score (nSPS) is 9.18. The summed E-state index contributed by atoms with van der Waals surface area (Å²) in [4.78, 5) is 0. The first kappa shape index (κ1) is 20.4. The lowest BCUT2D eigenvalue weighted by atomic mass is 10.1. The molecule has 0 aromatic heterocycles. The van der Waals surface area contributed by atoms with Crippen LogP contribution in [0.1, 0.15) is 62.8 Å². The zero-order chi connectivity index (χ0) is 16.8. The first-order valence-corrected chi connectivity index (χ1v) is 8.68. The Labute approximate surface area is 138 Å². The van der Waals surface area contributed by atoms with Crippen LogP contribution in [0.4, 0.5) is 0 Å². The Balaban J connectivity index is 0.000000342. The Morgan fingerprint density at radius 2 is 0.955 bits per heavy atom. The standard InChI is InChI=1S/C10H14.C9H12.C3H8/c1-3-4-10-7-5-9(2)6-8-10;1-3-9-6-4-8(2)5-7-9;1-3-2/h5-8H,3-4H2,1-2H3;4-7H,3H2,1-2H3;3H2,1-2H3. The van der Waals surface area contributed by atoms with Gasteiger partial charge in [-0.05, 0) is 37.8 Å². The summed E-state index contributed by atoms with van der Waals surface area (Å²) >= 11 is 0. The maximum absolute atomic E-state index is 2.21. The van der Waals surface area contributed by atoms with Gasteiger partial charge in [0, 0.05) is 0 Å². The molecule has 0 amide bonds. The van der Waals surface area contributed by atoms with Gasteiger partial charge in [-0.1, -0.05) is 100 Å². The van der Waals surface area contributed by atoms with Crippen molar-refractivity contribution in [3.63, 3.8) is 0 Å². The van der Waals surface area contributed by atoms with Crippen molar-refractivity contribution in [2.75, 3.05) is 0 Å². The topological polar surface area (TPSA) is 0 Å². The summed E-state index contributed by atoms with van der Waals surface area (Å²) in [5.41, 5.74) is 5.56. The molecular formula is C22H34. The molecule has 0 radical (unpaired) electrons. The molecule has 2 rings (SSSR count). The second-order valence-electron chi connectivity index (χ2n) is 5.78. The molecular weight excluding hydrogens is 264 g/mol. The van der Waals surface area contributed by atoms with Crippen LogP contribution in [0.2, 0.25) is 0 Å². The quantitative estimate of drug-likeness (QED) is 0.577. The van der Waals surface area contributed by atoms with Gasteiger partial charge in [0.1, 0.15) is 0 Å². The average molecular weight is 299 g/mol. The lowest BCUT2D eigenvalue weighted by Gasteiger charge is -1.97. The number of benzene rings is 2. The summed E-state index contributed by atoms with van der Waals surface area (Å²) < 4.78 is 0. The average Bonchev–Trinajstić information content (AvgIpc) is 2.52. The molecule has 0 unspecified atom stereocenters. The summed E-state index contributed by atoms with van der Waals surface area (Å²) in [5.74, 6) is 0. The SMILES string of the molecule is CCC.CCCc1ccc(C)cc1.CCc1ccc(C)cc1. The number of rotatable bonds is 3. The van der Waals surface area contributed by atoms with Gasteiger partial charge in [-0.2, -0.15) is 0 Å². The highest BCUT2D eigenvalue weighted by Gasteiger charge is 1.88. The van der Waals surface area contributed by atoms with E-state index in [2.05, 4.69) is 90.1 Å². The van der Waals surface area contributed by atoms with E-state index >= 15 is 0 Å². The molecule has 2 aromatic carbocycles. The molecule has 0 aliphatic carbocycles. The predicted octanol–water partition coefficient (Wildman–Crippen LogP) is 6.92. The number of hydrogen-bond acceptors (Lipinski definition) is 0. The zero-order valence-electron chi connectivity index (χ0n) is 15.4. The van der Waals surface area contributed by atoms with E-state index in [4.69, 9.17) is 0 Å². The van der Waals surface area contributed by atoms with E-state index in [-0.39, 0.29) is 0 Å². The van der Waals surface area contributed by atoms with Crippen molar-refractivity contribution >= 4 is 0 Å². The van der Waals surface area contributed by atoms with Gasteiger partial charge >= 0.3 is 0 Å². The van der Waals surface area contributed by atoms with Crippen molar-refractivity contribution in [2.24, 2.45) is 0 Å². The third-order valence-corrected chi connectivity index (χ3v) is 3.19. The molecule has 0 saturated carbocycles. The van der Waals surface area contributed by atoms with Crippen LogP contribution in [0, 0.1) is 13.8 Å². The fourth-order valence-corrected chi connectivity index (χ4v) is 1.87. The number of aryl methyl sites for hydroxylation is 4. The van der Waals surface area contributed by atoms with Crippen LogP contribution in [-0.4, -0.2) is 0 Å². The molecule has 0 fully saturated rings. The second-order valence-corrected chi connectivity index (χ2v) is 5.78. The van der Waals surface area contributed by atoms with Crippen LogP contribution in [0.25, 0.3) is 0 Å². The van der Waals surface area contributed by atoms with E-state index in [0.717, 1.165) is 6.42 Å². The van der Waals surface area contributed by atoms with E-state index in [0.29, 0.717) is 0 Å². The molecule has 122 valence electrons. The summed E-state index contributed by atoms with van der Waals surface area (Å²) in [6, 6.07) is 17.4. The molecule has 0 nitrogen and oxygen atoms in total. The smallest absolute Gasteiger partial charge is 0.0281 e. The Kier molecular flexibility index (Phi) is 12.2. The predicted molar refractivity (Wildman–Crippen MR) is 102 cm³/mol. The molecule has 2 aromatic rings. The lowest BCUT2D eigenvalue weighted by Crippen LogP contribution is -1.81. The monoisotopic (exact) mass is 298 g/mol. The van der Waals surface area contributed by atoms with Crippen molar-refractivity contribution in [2.45, 2.75) is 67.2 Å². The Morgan fingerprint density at radius 3 is 1.27 bits per heavy atom. The van der Waals surface area contributed by atoms with Crippen LogP contribution in [0.15, 0.2) is 48.5 Å². The molecule has 0 aliphatic rings. The van der Waals surface area contributed by atoms with E-state index in [9.17, 15) is 0 Å². The van der Waals surface area contributed by atoms with Crippen LogP contribution in [-0.2, 0) is 12.8 Å². The third-order valence-electron chi connectivity index (χ3n) is 3.19. The molecule has 0 heteroatoms. The van der Waals surface area contributed by atoms with Gasteiger partial charge in [-0.3, -0.25) is 0 Å². The van der Waals surface area contributed by atoms with Gasteiger partial charge in [-0.15, -0.1) is 0 Å². The highest BCUT2D eigenvalue weighted by atomic mass is 13.9. The molecule has 0 N–H and O–H groups in total. The first-order chi connectivity index (χ1) is 10.6. The van der Waals surface area contributed by atoms with Gasteiger partial charge in [0.15, 0.2) is 0 Å². The molecule has 0 spiro atoms. The zero-order valence-corrected chi connectivity index (χ0v) is 15.4. The Bertz CT molecular complexity index is 462. The van der Waals surface area contributed by atoms with E-state index < -0.39 is 0 Å². The van der Waals surface area contributed by atoms with Crippen LogP contribution in [0.5, 0.6) is 0 Å². The third kappa shape index (κ3) is 10.2.